The Hall–Kier alpha value is -0.920. The minimum atomic E-state index is -3.40. The standard InChI is InChI=1S/C8H12N2O3S2/c1-7(11)9-4-5-10-15(12,13)8-3-2-6-14-8/h2-3,6,10H,4-5H2,1H3,(H,9,11). The van der Waals surface area contributed by atoms with Gasteiger partial charge in [-0.25, -0.2) is 13.1 Å². The van der Waals surface area contributed by atoms with Crippen molar-refractivity contribution < 1.29 is 13.2 Å². The molecule has 0 radical (unpaired) electrons. The van der Waals surface area contributed by atoms with Crippen LogP contribution in [0.25, 0.3) is 0 Å². The molecule has 7 heteroatoms. The predicted octanol–water partition coefficient (Wildman–Crippen LogP) is 0.163. The largest absolute Gasteiger partial charge is 0.355 e. The SMILES string of the molecule is CC(=O)NCCNS(=O)(=O)c1cccs1. The summed E-state index contributed by atoms with van der Waals surface area (Å²) in [7, 11) is -3.40. The molecule has 0 aromatic carbocycles. The van der Waals surface area contributed by atoms with Gasteiger partial charge in [-0.1, -0.05) is 6.07 Å². The molecule has 15 heavy (non-hydrogen) atoms. The van der Waals surface area contributed by atoms with Crippen LogP contribution in [0.1, 0.15) is 6.92 Å². The quantitative estimate of drug-likeness (QED) is 0.729. The number of carbonyl (C=O) groups excluding carboxylic acids is 1. The molecule has 0 fully saturated rings. The van der Waals surface area contributed by atoms with Crippen molar-refractivity contribution in [1.29, 1.82) is 0 Å². The smallest absolute Gasteiger partial charge is 0.250 e. The van der Waals surface area contributed by atoms with E-state index in [0.717, 1.165) is 11.3 Å². The summed E-state index contributed by atoms with van der Waals surface area (Å²) in [5, 5.41) is 4.20. The molecule has 1 rings (SSSR count). The lowest BCUT2D eigenvalue weighted by molar-refractivity contribution is -0.118. The van der Waals surface area contributed by atoms with Crippen molar-refractivity contribution in [2.24, 2.45) is 0 Å². The van der Waals surface area contributed by atoms with Crippen molar-refractivity contribution >= 4 is 27.3 Å². The Morgan fingerprint density at radius 1 is 1.47 bits per heavy atom. The fourth-order valence-electron chi connectivity index (χ4n) is 0.911. The van der Waals surface area contributed by atoms with Gasteiger partial charge in [0.15, 0.2) is 0 Å². The Morgan fingerprint density at radius 3 is 2.73 bits per heavy atom. The average molecular weight is 248 g/mol. The molecule has 0 unspecified atom stereocenters. The zero-order valence-corrected chi connectivity index (χ0v) is 9.82. The van der Waals surface area contributed by atoms with Crippen LogP contribution >= 0.6 is 11.3 Å². The molecule has 0 bridgehead atoms. The highest BCUT2D eigenvalue weighted by Gasteiger charge is 2.13. The molecule has 84 valence electrons. The highest BCUT2D eigenvalue weighted by Crippen LogP contribution is 2.14. The van der Waals surface area contributed by atoms with Crippen molar-refractivity contribution in [3.05, 3.63) is 17.5 Å². The Balaban J connectivity index is 2.42. The van der Waals surface area contributed by atoms with E-state index in [0.29, 0.717) is 6.54 Å². The lowest BCUT2D eigenvalue weighted by Gasteiger charge is -2.04. The first-order valence-electron chi connectivity index (χ1n) is 4.30. The summed E-state index contributed by atoms with van der Waals surface area (Å²) in [5.41, 5.74) is 0. The molecule has 1 amide bonds. The summed E-state index contributed by atoms with van der Waals surface area (Å²) in [6, 6.07) is 3.21. The van der Waals surface area contributed by atoms with Gasteiger partial charge in [0.2, 0.25) is 15.9 Å². The lowest BCUT2D eigenvalue weighted by atomic mass is 10.6. The van der Waals surface area contributed by atoms with Crippen LogP contribution in [0.5, 0.6) is 0 Å². The third kappa shape index (κ3) is 3.98. The third-order valence-corrected chi connectivity index (χ3v) is 4.41. The number of nitrogens with one attached hydrogen (secondary N) is 2. The third-order valence-electron chi connectivity index (χ3n) is 1.55. The zero-order chi connectivity index (χ0) is 11.3. The van der Waals surface area contributed by atoms with Gasteiger partial charge in [0.25, 0.3) is 0 Å². The van der Waals surface area contributed by atoms with Gasteiger partial charge < -0.3 is 5.32 Å². The van der Waals surface area contributed by atoms with Crippen molar-refractivity contribution in [3.8, 4) is 0 Å². The van der Waals surface area contributed by atoms with Gasteiger partial charge in [-0.3, -0.25) is 4.79 Å². The van der Waals surface area contributed by atoms with Crippen molar-refractivity contribution in [2.75, 3.05) is 13.1 Å². The molecule has 1 aromatic heterocycles. The van der Waals surface area contributed by atoms with Gasteiger partial charge in [-0.2, -0.15) is 0 Å². The Morgan fingerprint density at radius 2 is 2.20 bits per heavy atom. The van der Waals surface area contributed by atoms with Crippen LogP contribution in [0.15, 0.2) is 21.7 Å². The molecule has 0 saturated carbocycles. The highest BCUT2D eigenvalue weighted by atomic mass is 32.2. The first-order valence-corrected chi connectivity index (χ1v) is 6.66. The number of thiophene rings is 1. The maximum Gasteiger partial charge on any atom is 0.250 e. The van der Waals surface area contributed by atoms with E-state index < -0.39 is 10.0 Å². The number of carbonyl (C=O) groups is 1. The van der Waals surface area contributed by atoms with E-state index >= 15 is 0 Å². The van der Waals surface area contributed by atoms with Crippen LogP contribution in [0.4, 0.5) is 0 Å². The Kier molecular flexibility index (Phi) is 4.25. The molecule has 0 aliphatic rings. The van der Waals surface area contributed by atoms with Gasteiger partial charge in [0.05, 0.1) is 0 Å². The van der Waals surface area contributed by atoms with E-state index in [1.54, 1.807) is 11.4 Å². The zero-order valence-electron chi connectivity index (χ0n) is 8.19. The molecule has 2 N–H and O–H groups in total. The summed E-state index contributed by atoms with van der Waals surface area (Å²) in [4.78, 5) is 10.5. The molecule has 0 spiro atoms. The lowest BCUT2D eigenvalue weighted by Crippen LogP contribution is -2.33. The van der Waals surface area contributed by atoms with E-state index in [4.69, 9.17) is 0 Å². The molecule has 5 nitrogen and oxygen atoms in total. The molecule has 0 aliphatic heterocycles. The molecule has 1 heterocycles. The summed E-state index contributed by atoms with van der Waals surface area (Å²) in [6.45, 7) is 1.87. The monoisotopic (exact) mass is 248 g/mol. The second-order valence-electron chi connectivity index (χ2n) is 2.81. The molecule has 0 aliphatic carbocycles. The fourth-order valence-corrected chi connectivity index (χ4v) is 2.98. The number of hydrogen-bond donors (Lipinski definition) is 2. The number of rotatable bonds is 5. The minimum absolute atomic E-state index is 0.176. The van der Waals surface area contributed by atoms with E-state index in [1.165, 1.54) is 13.0 Å². The van der Waals surface area contributed by atoms with Crippen molar-refractivity contribution in [3.63, 3.8) is 0 Å². The van der Waals surface area contributed by atoms with E-state index in [2.05, 4.69) is 10.0 Å². The van der Waals surface area contributed by atoms with Gasteiger partial charge in [-0.15, -0.1) is 11.3 Å². The average Bonchev–Trinajstić information content (AvgIpc) is 2.65. The summed E-state index contributed by atoms with van der Waals surface area (Å²) in [6.07, 6.45) is 0. The second kappa shape index (κ2) is 5.24. The molecular weight excluding hydrogens is 236 g/mol. The van der Waals surface area contributed by atoms with Crippen LogP contribution in [-0.4, -0.2) is 27.4 Å². The predicted molar refractivity (Wildman–Crippen MR) is 58.2 cm³/mol. The number of sulfonamides is 1. The van der Waals surface area contributed by atoms with Gasteiger partial charge in [0.1, 0.15) is 4.21 Å². The summed E-state index contributed by atoms with van der Waals surface area (Å²) in [5.74, 6) is -0.176. The van der Waals surface area contributed by atoms with Gasteiger partial charge >= 0.3 is 0 Å². The first kappa shape index (κ1) is 12.2. The van der Waals surface area contributed by atoms with Crippen LogP contribution in [0.3, 0.4) is 0 Å². The first-order chi connectivity index (χ1) is 7.02. The van der Waals surface area contributed by atoms with Crippen molar-refractivity contribution in [2.45, 2.75) is 11.1 Å². The normalized spacial score (nSPS) is 11.3. The van der Waals surface area contributed by atoms with E-state index in [1.807, 2.05) is 0 Å². The fraction of sp³-hybridized carbons (Fsp3) is 0.375. The molecule has 0 saturated heterocycles. The molecular formula is C8H12N2O3S2. The second-order valence-corrected chi connectivity index (χ2v) is 5.75. The van der Waals surface area contributed by atoms with Gasteiger partial charge in [0, 0.05) is 20.0 Å². The van der Waals surface area contributed by atoms with Crippen LogP contribution in [0.2, 0.25) is 0 Å². The van der Waals surface area contributed by atoms with Crippen LogP contribution in [0, 0.1) is 0 Å². The molecule has 0 atom stereocenters. The highest BCUT2D eigenvalue weighted by molar-refractivity contribution is 7.91. The minimum Gasteiger partial charge on any atom is -0.355 e. The van der Waals surface area contributed by atoms with Gasteiger partial charge in [-0.05, 0) is 11.4 Å². The van der Waals surface area contributed by atoms with E-state index in [-0.39, 0.29) is 16.7 Å². The number of amides is 1. The maximum atomic E-state index is 11.5. The van der Waals surface area contributed by atoms with Crippen LogP contribution in [-0.2, 0) is 14.8 Å². The Bertz CT molecular complexity index is 411. The number of hydrogen-bond acceptors (Lipinski definition) is 4. The Labute approximate surface area is 92.6 Å². The summed E-state index contributed by atoms with van der Waals surface area (Å²) < 4.78 is 25.7. The van der Waals surface area contributed by atoms with E-state index in [9.17, 15) is 13.2 Å². The maximum absolute atomic E-state index is 11.5. The van der Waals surface area contributed by atoms with Crippen LogP contribution < -0.4 is 10.0 Å². The summed E-state index contributed by atoms with van der Waals surface area (Å²) >= 11 is 1.16. The van der Waals surface area contributed by atoms with Crippen molar-refractivity contribution in [1.82, 2.24) is 10.0 Å². The molecule has 1 aromatic rings. The topological polar surface area (TPSA) is 75.3 Å².